The van der Waals surface area contributed by atoms with Crippen LogP contribution in [0.5, 0.6) is 0 Å². The van der Waals surface area contributed by atoms with Crippen LogP contribution < -0.4 is 5.73 Å². The van der Waals surface area contributed by atoms with Gasteiger partial charge in [0.15, 0.2) is 0 Å². The second kappa shape index (κ2) is 6.17. The monoisotopic (exact) mass is 293 g/mol. The topological polar surface area (TPSA) is 32.5 Å². The molecule has 0 aromatic carbocycles. The fraction of sp³-hybridized carbons (Fsp3) is 1.00. The first-order chi connectivity index (χ1) is 10.0. The molecule has 2 saturated heterocycles. The van der Waals surface area contributed by atoms with Gasteiger partial charge in [-0.2, -0.15) is 0 Å². The van der Waals surface area contributed by atoms with Gasteiger partial charge in [0.05, 0.1) is 0 Å². The molecule has 3 nitrogen and oxygen atoms in total. The average Bonchev–Trinajstić information content (AvgIpc) is 2.85. The number of hydrogen-bond acceptors (Lipinski definition) is 3. The van der Waals surface area contributed by atoms with Crippen molar-refractivity contribution in [2.45, 2.75) is 76.8 Å². The summed E-state index contributed by atoms with van der Waals surface area (Å²) >= 11 is 0. The van der Waals surface area contributed by atoms with Gasteiger partial charge >= 0.3 is 0 Å². The maximum atomic E-state index is 6.25. The summed E-state index contributed by atoms with van der Waals surface area (Å²) in [5, 5.41) is 0. The Hall–Kier alpha value is -0.120. The summed E-state index contributed by atoms with van der Waals surface area (Å²) in [6.45, 7) is 10.9. The number of likely N-dealkylation sites (tertiary alicyclic amines) is 2. The Kier molecular flexibility index (Phi) is 4.63. The third kappa shape index (κ3) is 3.30. The molecule has 0 aromatic rings. The Morgan fingerprint density at radius 2 is 1.62 bits per heavy atom. The van der Waals surface area contributed by atoms with Gasteiger partial charge in [0, 0.05) is 31.2 Å². The van der Waals surface area contributed by atoms with Gasteiger partial charge in [-0.3, -0.25) is 4.90 Å². The molecule has 3 fully saturated rings. The molecule has 1 atom stereocenters. The molecule has 0 radical (unpaired) electrons. The Morgan fingerprint density at radius 3 is 2.14 bits per heavy atom. The van der Waals surface area contributed by atoms with Gasteiger partial charge in [0.25, 0.3) is 0 Å². The van der Waals surface area contributed by atoms with Gasteiger partial charge in [-0.15, -0.1) is 0 Å². The van der Waals surface area contributed by atoms with Crippen molar-refractivity contribution in [3.8, 4) is 0 Å². The molecular weight excluding hydrogens is 258 g/mol. The van der Waals surface area contributed by atoms with Crippen molar-refractivity contribution in [3.63, 3.8) is 0 Å². The summed E-state index contributed by atoms with van der Waals surface area (Å²) in [6, 6.07) is 0.853. The predicted octanol–water partition coefficient (Wildman–Crippen LogP) is 2.84. The van der Waals surface area contributed by atoms with E-state index in [2.05, 4.69) is 23.6 Å². The Morgan fingerprint density at radius 1 is 0.952 bits per heavy atom. The van der Waals surface area contributed by atoms with Crippen molar-refractivity contribution in [3.05, 3.63) is 0 Å². The first-order valence-corrected chi connectivity index (χ1v) is 9.24. The number of hydrogen-bond donors (Lipinski definition) is 1. The molecule has 21 heavy (non-hydrogen) atoms. The van der Waals surface area contributed by atoms with Gasteiger partial charge in [0.2, 0.25) is 0 Å². The SMILES string of the molecule is CC1(C)CCC(CN)(N2CCC(N3CCCCC3)CC2)C1. The van der Waals surface area contributed by atoms with Crippen LogP contribution in [-0.4, -0.2) is 54.1 Å². The number of nitrogens with two attached hydrogens (primary N) is 1. The highest BCUT2D eigenvalue weighted by Crippen LogP contribution is 2.47. The highest BCUT2D eigenvalue weighted by Gasteiger charge is 2.46. The zero-order valence-electron chi connectivity index (χ0n) is 14.2. The Bertz CT molecular complexity index is 340. The zero-order chi connectivity index (χ0) is 14.9. The maximum absolute atomic E-state index is 6.25. The molecule has 1 unspecified atom stereocenters. The van der Waals surface area contributed by atoms with Gasteiger partial charge in [0.1, 0.15) is 0 Å². The first kappa shape index (κ1) is 15.8. The van der Waals surface area contributed by atoms with Crippen LogP contribution in [0.3, 0.4) is 0 Å². The molecule has 1 saturated carbocycles. The lowest BCUT2D eigenvalue weighted by atomic mass is 9.85. The van der Waals surface area contributed by atoms with Crippen LogP contribution in [-0.2, 0) is 0 Å². The van der Waals surface area contributed by atoms with E-state index >= 15 is 0 Å². The smallest absolute Gasteiger partial charge is 0.0337 e. The summed E-state index contributed by atoms with van der Waals surface area (Å²) in [4.78, 5) is 5.54. The Labute approximate surface area is 131 Å². The third-order valence-corrected chi connectivity index (χ3v) is 6.50. The standard InChI is InChI=1S/C18H35N3/c1-17(2)8-9-18(14-17,15-19)21-12-6-16(7-13-21)20-10-4-3-5-11-20/h16H,3-15,19H2,1-2H3. The molecule has 2 N–H and O–H groups in total. The largest absolute Gasteiger partial charge is 0.329 e. The lowest BCUT2D eigenvalue weighted by Gasteiger charge is -2.47. The molecule has 0 spiro atoms. The predicted molar refractivity (Wildman–Crippen MR) is 89.4 cm³/mol. The minimum atomic E-state index is 0.316. The van der Waals surface area contributed by atoms with E-state index in [1.807, 2.05) is 0 Å². The van der Waals surface area contributed by atoms with Crippen LogP contribution >= 0.6 is 0 Å². The van der Waals surface area contributed by atoms with Crippen LogP contribution in [0.15, 0.2) is 0 Å². The quantitative estimate of drug-likeness (QED) is 0.868. The molecule has 3 aliphatic rings. The molecular formula is C18H35N3. The lowest BCUT2D eigenvalue weighted by Crippen LogP contribution is -2.57. The third-order valence-electron chi connectivity index (χ3n) is 6.50. The van der Waals surface area contributed by atoms with Crippen LogP contribution in [0, 0.1) is 5.41 Å². The number of piperidine rings is 2. The van der Waals surface area contributed by atoms with Crippen LogP contribution in [0.4, 0.5) is 0 Å². The van der Waals surface area contributed by atoms with Gasteiger partial charge < -0.3 is 10.6 Å². The molecule has 3 rings (SSSR count). The van der Waals surface area contributed by atoms with Crippen molar-refractivity contribution in [1.29, 1.82) is 0 Å². The van der Waals surface area contributed by atoms with E-state index in [4.69, 9.17) is 5.73 Å². The van der Waals surface area contributed by atoms with Crippen molar-refractivity contribution in [2.75, 3.05) is 32.7 Å². The van der Waals surface area contributed by atoms with Crippen LogP contribution in [0.2, 0.25) is 0 Å². The minimum absolute atomic E-state index is 0.316. The molecule has 2 aliphatic heterocycles. The first-order valence-electron chi connectivity index (χ1n) is 9.24. The van der Waals surface area contributed by atoms with E-state index in [1.165, 1.54) is 77.5 Å². The lowest BCUT2D eigenvalue weighted by molar-refractivity contribution is 0.0266. The number of rotatable bonds is 3. The van der Waals surface area contributed by atoms with Crippen molar-refractivity contribution in [2.24, 2.45) is 11.1 Å². The van der Waals surface area contributed by atoms with E-state index in [1.54, 1.807) is 0 Å². The number of nitrogens with zero attached hydrogens (tertiary/aromatic N) is 2. The second-order valence-electron chi connectivity index (χ2n) is 8.58. The molecule has 0 bridgehead atoms. The van der Waals surface area contributed by atoms with Crippen molar-refractivity contribution >= 4 is 0 Å². The molecule has 1 aliphatic carbocycles. The van der Waals surface area contributed by atoms with Crippen LogP contribution in [0.1, 0.15) is 65.2 Å². The van der Waals surface area contributed by atoms with E-state index in [0.717, 1.165) is 12.6 Å². The highest BCUT2D eigenvalue weighted by atomic mass is 15.2. The van der Waals surface area contributed by atoms with E-state index < -0.39 is 0 Å². The molecule has 3 heteroatoms. The van der Waals surface area contributed by atoms with Crippen molar-refractivity contribution in [1.82, 2.24) is 9.80 Å². The fourth-order valence-electron chi connectivity index (χ4n) is 5.20. The van der Waals surface area contributed by atoms with Gasteiger partial charge in [-0.25, -0.2) is 0 Å². The summed E-state index contributed by atoms with van der Waals surface area (Å²) in [7, 11) is 0. The summed E-state index contributed by atoms with van der Waals surface area (Å²) < 4.78 is 0. The molecule has 2 heterocycles. The summed E-state index contributed by atoms with van der Waals surface area (Å²) in [5.41, 5.74) is 7.05. The van der Waals surface area contributed by atoms with Crippen LogP contribution in [0.25, 0.3) is 0 Å². The maximum Gasteiger partial charge on any atom is 0.0337 e. The summed E-state index contributed by atoms with van der Waals surface area (Å²) in [6.07, 6.45) is 11.0. The molecule has 0 amide bonds. The van der Waals surface area contributed by atoms with E-state index in [-0.39, 0.29) is 0 Å². The Balaban J connectivity index is 1.57. The van der Waals surface area contributed by atoms with Gasteiger partial charge in [-0.05, 0) is 63.5 Å². The highest BCUT2D eigenvalue weighted by molar-refractivity contribution is 5.03. The van der Waals surface area contributed by atoms with E-state index in [0.29, 0.717) is 11.0 Å². The zero-order valence-corrected chi connectivity index (χ0v) is 14.2. The fourth-order valence-corrected chi connectivity index (χ4v) is 5.20. The van der Waals surface area contributed by atoms with E-state index in [9.17, 15) is 0 Å². The van der Waals surface area contributed by atoms with Crippen molar-refractivity contribution < 1.29 is 0 Å². The minimum Gasteiger partial charge on any atom is -0.329 e. The van der Waals surface area contributed by atoms with Gasteiger partial charge in [-0.1, -0.05) is 20.3 Å². The second-order valence-corrected chi connectivity index (χ2v) is 8.58. The molecule has 0 aromatic heterocycles. The normalized spacial score (nSPS) is 36.1. The average molecular weight is 293 g/mol. The summed E-state index contributed by atoms with van der Waals surface area (Å²) in [5.74, 6) is 0. The molecule has 122 valence electrons.